The third-order valence-electron chi connectivity index (χ3n) is 2.07. The first-order valence-electron chi connectivity index (χ1n) is 5.75. The maximum atomic E-state index is 11.5. The Morgan fingerprint density at radius 3 is 2.83 bits per heavy atom. The number of esters is 1. The third-order valence-corrected chi connectivity index (χ3v) is 2.07. The Labute approximate surface area is 105 Å². The quantitative estimate of drug-likeness (QED) is 0.730. The van der Waals surface area contributed by atoms with Crippen LogP contribution in [0.3, 0.4) is 0 Å². The summed E-state index contributed by atoms with van der Waals surface area (Å²) < 4.78 is 9.79. The van der Waals surface area contributed by atoms with Gasteiger partial charge in [0.25, 0.3) is 6.01 Å². The molecule has 7 heteroatoms. The third kappa shape index (κ3) is 3.76. The van der Waals surface area contributed by atoms with Crippen LogP contribution in [0.25, 0.3) is 0 Å². The highest BCUT2D eigenvalue weighted by molar-refractivity contribution is 5.87. The Kier molecular flexibility index (Phi) is 5.16. The van der Waals surface area contributed by atoms with Gasteiger partial charge in [-0.2, -0.15) is 4.98 Å². The van der Waals surface area contributed by atoms with Crippen LogP contribution in [-0.2, 0) is 9.53 Å². The molecule has 2 N–H and O–H groups in total. The fourth-order valence-corrected chi connectivity index (χ4v) is 1.22. The molecular formula is C11H17N3O4. The number of carbonyl (C=O) groups excluding carboxylic acids is 2. The predicted octanol–water partition coefficient (Wildman–Crippen LogP) is 0.788. The van der Waals surface area contributed by atoms with Crippen LogP contribution in [0.15, 0.2) is 10.7 Å². The summed E-state index contributed by atoms with van der Waals surface area (Å²) in [7, 11) is 0. The van der Waals surface area contributed by atoms with E-state index in [4.69, 9.17) is 9.15 Å². The number of nitrogens with one attached hydrogen (secondary N) is 2. The molecule has 0 aliphatic rings. The standard InChI is InChI=1S/C11H17N3O4/c1-4-12-9(15)7(3)13-11-14-8(6-18-11)10(16)17-5-2/h6-7H,4-5H2,1-3H3,(H,12,15)(H,13,14). The number of oxazole rings is 1. The van der Waals surface area contributed by atoms with Crippen molar-refractivity contribution in [3.05, 3.63) is 12.0 Å². The van der Waals surface area contributed by atoms with Crippen molar-refractivity contribution in [1.82, 2.24) is 10.3 Å². The summed E-state index contributed by atoms with van der Waals surface area (Å²) in [6.45, 7) is 6.01. The summed E-state index contributed by atoms with van der Waals surface area (Å²) in [5, 5.41) is 5.40. The van der Waals surface area contributed by atoms with E-state index in [0.29, 0.717) is 6.54 Å². The van der Waals surface area contributed by atoms with Gasteiger partial charge in [0.2, 0.25) is 5.91 Å². The summed E-state index contributed by atoms with van der Waals surface area (Å²) in [5.41, 5.74) is 0.0717. The topological polar surface area (TPSA) is 93.5 Å². The molecule has 1 aromatic heterocycles. The van der Waals surface area contributed by atoms with Gasteiger partial charge in [0.15, 0.2) is 5.69 Å². The molecule has 1 heterocycles. The maximum Gasteiger partial charge on any atom is 0.360 e. The van der Waals surface area contributed by atoms with Crippen molar-refractivity contribution in [3.8, 4) is 0 Å². The molecule has 1 rings (SSSR count). The molecule has 0 aliphatic heterocycles. The van der Waals surface area contributed by atoms with Crippen molar-refractivity contribution < 1.29 is 18.7 Å². The van der Waals surface area contributed by atoms with Gasteiger partial charge >= 0.3 is 5.97 Å². The number of anilines is 1. The molecule has 1 aromatic rings. The van der Waals surface area contributed by atoms with E-state index in [2.05, 4.69) is 15.6 Å². The van der Waals surface area contributed by atoms with Gasteiger partial charge in [0.1, 0.15) is 12.3 Å². The molecule has 18 heavy (non-hydrogen) atoms. The van der Waals surface area contributed by atoms with Gasteiger partial charge in [0, 0.05) is 6.54 Å². The van der Waals surface area contributed by atoms with Crippen LogP contribution in [0.2, 0.25) is 0 Å². The Morgan fingerprint density at radius 2 is 2.22 bits per heavy atom. The van der Waals surface area contributed by atoms with Crippen molar-refractivity contribution in [2.24, 2.45) is 0 Å². The van der Waals surface area contributed by atoms with E-state index >= 15 is 0 Å². The summed E-state index contributed by atoms with van der Waals surface area (Å²) in [6.07, 6.45) is 1.19. The van der Waals surface area contributed by atoms with Gasteiger partial charge in [0.05, 0.1) is 6.61 Å². The molecule has 1 amide bonds. The van der Waals surface area contributed by atoms with Gasteiger partial charge in [-0.3, -0.25) is 4.79 Å². The lowest BCUT2D eigenvalue weighted by Crippen LogP contribution is -2.37. The molecule has 0 fully saturated rings. The van der Waals surface area contributed by atoms with E-state index in [0.717, 1.165) is 0 Å². The molecule has 0 aromatic carbocycles. The number of likely N-dealkylation sites (N-methyl/N-ethyl adjacent to an activating group) is 1. The lowest BCUT2D eigenvalue weighted by Gasteiger charge is -2.10. The molecule has 0 spiro atoms. The minimum Gasteiger partial charge on any atom is -0.461 e. The molecule has 0 saturated carbocycles. The zero-order valence-electron chi connectivity index (χ0n) is 10.6. The van der Waals surface area contributed by atoms with E-state index in [9.17, 15) is 9.59 Å². The highest BCUT2D eigenvalue weighted by Gasteiger charge is 2.17. The monoisotopic (exact) mass is 255 g/mol. The van der Waals surface area contributed by atoms with Crippen LogP contribution in [0.4, 0.5) is 6.01 Å². The van der Waals surface area contributed by atoms with E-state index in [1.165, 1.54) is 6.26 Å². The number of carbonyl (C=O) groups is 2. The number of aromatic nitrogens is 1. The number of amides is 1. The highest BCUT2D eigenvalue weighted by atomic mass is 16.5. The second-order valence-corrected chi connectivity index (χ2v) is 3.52. The molecule has 0 saturated heterocycles. The average Bonchev–Trinajstić information content (AvgIpc) is 2.78. The number of ether oxygens (including phenoxy) is 1. The highest BCUT2D eigenvalue weighted by Crippen LogP contribution is 2.09. The maximum absolute atomic E-state index is 11.5. The van der Waals surface area contributed by atoms with Crippen molar-refractivity contribution >= 4 is 17.9 Å². The summed E-state index contributed by atoms with van der Waals surface area (Å²) >= 11 is 0. The zero-order valence-corrected chi connectivity index (χ0v) is 10.6. The van der Waals surface area contributed by atoms with Crippen LogP contribution >= 0.6 is 0 Å². The molecule has 0 aliphatic carbocycles. The van der Waals surface area contributed by atoms with E-state index < -0.39 is 12.0 Å². The average molecular weight is 255 g/mol. The van der Waals surface area contributed by atoms with Crippen molar-refractivity contribution in [2.75, 3.05) is 18.5 Å². The Hall–Kier alpha value is -2.05. The minimum absolute atomic E-state index is 0.0717. The van der Waals surface area contributed by atoms with E-state index in [1.54, 1.807) is 13.8 Å². The molecule has 0 radical (unpaired) electrons. The number of hydrogen-bond donors (Lipinski definition) is 2. The minimum atomic E-state index is -0.556. The summed E-state index contributed by atoms with van der Waals surface area (Å²) in [4.78, 5) is 26.7. The van der Waals surface area contributed by atoms with Crippen LogP contribution in [0.5, 0.6) is 0 Å². The largest absolute Gasteiger partial charge is 0.461 e. The molecule has 0 bridgehead atoms. The van der Waals surface area contributed by atoms with Crippen LogP contribution in [0, 0.1) is 0 Å². The van der Waals surface area contributed by atoms with Crippen molar-refractivity contribution in [1.29, 1.82) is 0 Å². The molecule has 100 valence electrons. The fraction of sp³-hybridized carbons (Fsp3) is 0.545. The van der Waals surface area contributed by atoms with Crippen molar-refractivity contribution in [2.45, 2.75) is 26.8 Å². The second kappa shape index (κ2) is 6.63. The number of hydrogen-bond acceptors (Lipinski definition) is 6. The molecular weight excluding hydrogens is 238 g/mol. The zero-order chi connectivity index (χ0) is 13.5. The molecule has 1 unspecified atom stereocenters. The van der Waals surface area contributed by atoms with Gasteiger partial charge < -0.3 is 19.8 Å². The smallest absolute Gasteiger partial charge is 0.360 e. The van der Waals surface area contributed by atoms with Crippen LogP contribution in [-0.4, -0.2) is 36.1 Å². The first-order valence-corrected chi connectivity index (χ1v) is 5.75. The summed E-state index contributed by atoms with van der Waals surface area (Å²) in [6, 6.07) is -0.393. The first kappa shape index (κ1) is 14.0. The fourth-order valence-electron chi connectivity index (χ4n) is 1.22. The lowest BCUT2D eigenvalue weighted by molar-refractivity contribution is -0.121. The molecule has 7 nitrogen and oxygen atoms in total. The van der Waals surface area contributed by atoms with Crippen LogP contribution < -0.4 is 10.6 Å². The predicted molar refractivity (Wildman–Crippen MR) is 64.2 cm³/mol. The van der Waals surface area contributed by atoms with Crippen molar-refractivity contribution in [3.63, 3.8) is 0 Å². The van der Waals surface area contributed by atoms with Gasteiger partial charge in [-0.1, -0.05) is 0 Å². The van der Waals surface area contributed by atoms with E-state index in [-0.39, 0.29) is 24.2 Å². The lowest BCUT2D eigenvalue weighted by atomic mass is 10.3. The number of nitrogens with zero attached hydrogens (tertiary/aromatic N) is 1. The van der Waals surface area contributed by atoms with E-state index in [1.807, 2.05) is 6.92 Å². The molecule has 1 atom stereocenters. The normalized spacial score (nSPS) is 11.7. The SMILES string of the molecule is CCNC(=O)C(C)Nc1nc(C(=O)OCC)co1. The Bertz CT molecular complexity index is 416. The second-order valence-electron chi connectivity index (χ2n) is 3.52. The summed E-state index contributed by atoms with van der Waals surface area (Å²) in [5.74, 6) is -0.728. The Balaban J connectivity index is 2.58. The van der Waals surface area contributed by atoms with Gasteiger partial charge in [-0.25, -0.2) is 4.79 Å². The van der Waals surface area contributed by atoms with Crippen LogP contribution in [0.1, 0.15) is 31.3 Å². The Morgan fingerprint density at radius 1 is 1.50 bits per heavy atom. The first-order chi connectivity index (χ1) is 8.58. The van der Waals surface area contributed by atoms with Gasteiger partial charge in [-0.15, -0.1) is 0 Å². The van der Waals surface area contributed by atoms with Gasteiger partial charge in [-0.05, 0) is 20.8 Å². The number of rotatable bonds is 6.